The fourth-order valence-corrected chi connectivity index (χ4v) is 3.22. The molecule has 2 aromatic rings. The Morgan fingerprint density at radius 1 is 1.18 bits per heavy atom. The Bertz CT molecular complexity index is 901. The number of ketones is 1. The van der Waals surface area contributed by atoms with Gasteiger partial charge < -0.3 is 10.2 Å². The summed E-state index contributed by atoms with van der Waals surface area (Å²) in [5.74, 6) is -1.64. The van der Waals surface area contributed by atoms with Gasteiger partial charge in [0.05, 0.1) is 17.3 Å². The highest BCUT2D eigenvalue weighted by atomic mass is 35.5. The first kappa shape index (κ1) is 20.2. The van der Waals surface area contributed by atoms with Crippen molar-refractivity contribution in [3.05, 3.63) is 64.2 Å². The highest BCUT2D eigenvalue weighted by molar-refractivity contribution is 6.31. The number of halogens is 3. The van der Waals surface area contributed by atoms with Crippen molar-refractivity contribution in [2.24, 2.45) is 0 Å². The van der Waals surface area contributed by atoms with Crippen LogP contribution in [0.15, 0.2) is 36.4 Å². The zero-order chi connectivity index (χ0) is 20.3. The van der Waals surface area contributed by atoms with Crippen LogP contribution in [0.2, 0.25) is 5.02 Å². The standard InChI is InChI=1S/C20H20ClF2N3O2/c1-13(27)14-5-6-15(17(22)11-14)12-26(18-4-2-3-16(21)19(18)23)20(28)25-9-7-24-8-10-25/h2-6,11,24H,7-10,12H2,1H3. The molecule has 2 aromatic carbocycles. The molecule has 5 nitrogen and oxygen atoms in total. The Hall–Kier alpha value is -2.51. The molecule has 0 bridgehead atoms. The first-order valence-electron chi connectivity index (χ1n) is 8.89. The summed E-state index contributed by atoms with van der Waals surface area (Å²) in [7, 11) is 0. The molecule has 3 rings (SSSR count). The minimum Gasteiger partial charge on any atom is -0.322 e. The Balaban J connectivity index is 1.97. The normalized spacial score (nSPS) is 14.1. The van der Waals surface area contributed by atoms with E-state index >= 15 is 0 Å². The minimum atomic E-state index is -0.742. The third-order valence-corrected chi connectivity index (χ3v) is 4.92. The molecular weight excluding hydrogens is 388 g/mol. The maximum Gasteiger partial charge on any atom is 0.324 e. The van der Waals surface area contributed by atoms with E-state index in [9.17, 15) is 18.4 Å². The van der Waals surface area contributed by atoms with Crippen molar-refractivity contribution in [1.82, 2.24) is 10.2 Å². The van der Waals surface area contributed by atoms with Crippen molar-refractivity contribution >= 4 is 29.1 Å². The molecule has 0 aromatic heterocycles. The molecule has 1 N–H and O–H groups in total. The smallest absolute Gasteiger partial charge is 0.322 e. The molecule has 0 spiro atoms. The third kappa shape index (κ3) is 4.31. The fraction of sp³-hybridized carbons (Fsp3) is 0.300. The summed E-state index contributed by atoms with van der Waals surface area (Å²) in [6, 6.07) is 7.97. The zero-order valence-corrected chi connectivity index (χ0v) is 16.1. The van der Waals surface area contributed by atoms with Crippen molar-refractivity contribution in [1.29, 1.82) is 0 Å². The number of nitrogens with zero attached hydrogens (tertiary/aromatic N) is 2. The highest BCUT2D eigenvalue weighted by Crippen LogP contribution is 2.28. The van der Waals surface area contributed by atoms with Crippen LogP contribution >= 0.6 is 11.6 Å². The number of urea groups is 1. The van der Waals surface area contributed by atoms with E-state index in [0.29, 0.717) is 26.2 Å². The minimum absolute atomic E-state index is 0.0222. The Labute approximate surface area is 166 Å². The second-order valence-corrected chi connectivity index (χ2v) is 6.95. The van der Waals surface area contributed by atoms with E-state index in [4.69, 9.17) is 11.6 Å². The maximum atomic E-state index is 14.7. The van der Waals surface area contributed by atoms with E-state index in [1.165, 1.54) is 42.2 Å². The molecule has 1 aliphatic rings. The van der Waals surface area contributed by atoms with Gasteiger partial charge in [-0.3, -0.25) is 9.69 Å². The average molecular weight is 408 g/mol. The lowest BCUT2D eigenvalue weighted by atomic mass is 10.1. The molecule has 1 saturated heterocycles. The SMILES string of the molecule is CC(=O)c1ccc(CN(C(=O)N2CCNCC2)c2cccc(Cl)c2F)c(F)c1. The van der Waals surface area contributed by atoms with Gasteiger partial charge in [0, 0.05) is 37.3 Å². The first-order chi connectivity index (χ1) is 13.4. The van der Waals surface area contributed by atoms with E-state index in [1.54, 1.807) is 4.90 Å². The molecule has 1 aliphatic heterocycles. The van der Waals surface area contributed by atoms with Crippen molar-refractivity contribution in [3.8, 4) is 0 Å². The third-order valence-electron chi connectivity index (χ3n) is 4.63. The number of rotatable bonds is 4. The zero-order valence-electron chi connectivity index (χ0n) is 15.3. The highest BCUT2D eigenvalue weighted by Gasteiger charge is 2.27. The number of carbonyl (C=O) groups is 2. The number of nitrogens with one attached hydrogen (secondary N) is 1. The molecule has 28 heavy (non-hydrogen) atoms. The number of benzene rings is 2. The molecule has 1 fully saturated rings. The predicted molar refractivity (Wildman–Crippen MR) is 104 cm³/mol. The lowest BCUT2D eigenvalue weighted by molar-refractivity contribution is 0.101. The monoisotopic (exact) mass is 407 g/mol. The quantitative estimate of drug-likeness (QED) is 0.783. The number of hydrogen-bond acceptors (Lipinski definition) is 3. The fourth-order valence-electron chi connectivity index (χ4n) is 3.05. The average Bonchev–Trinajstić information content (AvgIpc) is 2.69. The molecule has 0 unspecified atom stereocenters. The van der Waals surface area contributed by atoms with Crippen LogP contribution in [0.5, 0.6) is 0 Å². The van der Waals surface area contributed by atoms with E-state index in [1.807, 2.05) is 0 Å². The van der Waals surface area contributed by atoms with Gasteiger partial charge in [-0.2, -0.15) is 0 Å². The topological polar surface area (TPSA) is 52.7 Å². The molecule has 0 saturated carbocycles. The number of anilines is 1. The lowest BCUT2D eigenvalue weighted by Gasteiger charge is -2.33. The van der Waals surface area contributed by atoms with Crippen LogP contribution in [-0.2, 0) is 6.54 Å². The van der Waals surface area contributed by atoms with E-state index in [2.05, 4.69) is 5.32 Å². The first-order valence-corrected chi connectivity index (χ1v) is 9.27. The van der Waals surface area contributed by atoms with E-state index in [0.717, 1.165) is 6.07 Å². The number of amides is 2. The number of carbonyl (C=O) groups excluding carboxylic acids is 2. The van der Waals surface area contributed by atoms with Crippen LogP contribution in [0.1, 0.15) is 22.8 Å². The van der Waals surface area contributed by atoms with E-state index < -0.39 is 17.7 Å². The van der Waals surface area contributed by atoms with Gasteiger partial charge in [0.15, 0.2) is 11.6 Å². The molecule has 2 amide bonds. The lowest BCUT2D eigenvalue weighted by Crippen LogP contribution is -2.51. The molecule has 0 aliphatic carbocycles. The Morgan fingerprint density at radius 3 is 2.54 bits per heavy atom. The molecule has 0 radical (unpaired) electrons. The largest absolute Gasteiger partial charge is 0.324 e. The summed E-state index contributed by atoms with van der Waals surface area (Å²) >= 11 is 5.89. The van der Waals surface area contributed by atoms with Crippen molar-refractivity contribution in [2.45, 2.75) is 13.5 Å². The summed E-state index contributed by atoms with van der Waals surface area (Å²) in [5, 5.41) is 3.02. The predicted octanol–water partition coefficient (Wildman–Crippen LogP) is 3.85. The van der Waals surface area contributed by atoms with Crippen LogP contribution in [0.4, 0.5) is 19.3 Å². The van der Waals surface area contributed by atoms with Crippen molar-refractivity contribution in [2.75, 3.05) is 31.1 Å². The van der Waals surface area contributed by atoms with Gasteiger partial charge in [-0.15, -0.1) is 0 Å². The molecule has 148 valence electrons. The number of piperazine rings is 1. The van der Waals surface area contributed by atoms with Gasteiger partial charge in [0.1, 0.15) is 5.82 Å². The van der Waals surface area contributed by atoms with Gasteiger partial charge in [0.25, 0.3) is 0 Å². The molecule has 0 atom stereocenters. The Morgan fingerprint density at radius 2 is 1.89 bits per heavy atom. The van der Waals surface area contributed by atoms with Gasteiger partial charge in [-0.25, -0.2) is 13.6 Å². The van der Waals surface area contributed by atoms with Crippen LogP contribution in [0, 0.1) is 11.6 Å². The summed E-state index contributed by atoms with van der Waals surface area (Å²) in [6.45, 7) is 3.32. The summed E-state index contributed by atoms with van der Waals surface area (Å²) in [6.07, 6.45) is 0. The van der Waals surface area contributed by atoms with Gasteiger partial charge >= 0.3 is 6.03 Å². The van der Waals surface area contributed by atoms with Gasteiger partial charge in [-0.05, 0) is 25.1 Å². The van der Waals surface area contributed by atoms with Crippen LogP contribution in [0.3, 0.4) is 0 Å². The second kappa shape index (κ2) is 8.67. The summed E-state index contributed by atoms with van der Waals surface area (Å²) in [4.78, 5) is 27.3. The Kier molecular flexibility index (Phi) is 6.26. The van der Waals surface area contributed by atoms with Crippen molar-refractivity contribution < 1.29 is 18.4 Å². The molecule has 8 heteroatoms. The summed E-state index contributed by atoms with van der Waals surface area (Å²) < 4.78 is 29.2. The van der Waals surface area contributed by atoms with Gasteiger partial charge in [-0.1, -0.05) is 29.8 Å². The molecule has 1 heterocycles. The van der Waals surface area contributed by atoms with Crippen LogP contribution in [-0.4, -0.2) is 42.9 Å². The van der Waals surface area contributed by atoms with Crippen molar-refractivity contribution in [3.63, 3.8) is 0 Å². The maximum absolute atomic E-state index is 14.7. The number of Topliss-reactive ketones (excluding diaryl/α,β-unsaturated/α-hetero) is 1. The summed E-state index contributed by atoms with van der Waals surface area (Å²) in [5.41, 5.74) is 0.383. The van der Waals surface area contributed by atoms with Gasteiger partial charge in [0.2, 0.25) is 0 Å². The van der Waals surface area contributed by atoms with E-state index in [-0.39, 0.29) is 34.2 Å². The second-order valence-electron chi connectivity index (χ2n) is 6.54. The van der Waals surface area contributed by atoms with Crippen LogP contribution in [0.25, 0.3) is 0 Å². The van der Waals surface area contributed by atoms with Crippen LogP contribution < -0.4 is 10.2 Å². The number of hydrogen-bond donors (Lipinski definition) is 1. The molecular formula is C20H20ClF2N3O2.